The maximum Gasteiger partial charge on any atom is 0.408 e. The van der Waals surface area contributed by atoms with Gasteiger partial charge in [0.1, 0.15) is 24.3 Å². The molecule has 41 heavy (non-hydrogen) atoms. The molecule has 1 aromatic heterocycles. The van der Waals surface area contributed by atoms with E-state index in [9.17, 15) is 19.2 Å². The molecule has 10 nitrogen and oxygen atoms in total. The van der Waals surface area contributed by atoms with Crippen LogP contribution in [-0.4, -0.2) is 72.1 Å². The molecule has 1 aliphatic carbocycles. The van der Waals surface area contributed by atoms with Crippen LogP contribution in [0, 0.1) is 11.3 Å². The van der Waals surface area contributed by atoms with Gasteiger partial charge in [0.15, 0.2) is 6.29 Å². The van der Waals surface area contributed by atoms with Gasteiger partial charge < -0.3 is 24.4 Å². The molecular weight excluding hydrogens is 526 g/mol. The third-order valence-corrected chi connectivity index (χ3v) is 8.41. The molecular formula is C31H39N3O7. The molecule has 2 amide bonds. The second kappa shape index (κ2) is 11.7. The first-order chi connectivity index (χ1) is 19.6. The number of ether oxygens (including phenoxy) is 3. The highest BCUT2D eigenvalue weighted by atomic mass is 16.6. The largest absolute Gasteiger partial charge is 0.472 e. The summed E-state index contributed by atoms with van der Waals surface area (Å²) in [7, 11) is 1.28. The van der Waals surface area contributed by atoms with Crippen LogP contribution in [0.5, 0.6) is 5.88 Å². The molecule has 1 saturated heterocycles. The van der Waals surface area contributed by atoms with Crippen LogP contribution in [0.1, 0.15) is 75.2 Å². The Morgan fingerprint density at radius 2 is 1.90 bits per heavy atom. The lowest BCUT2D eigenvalue weighted by molar-refractivity contribution is -0.152. The molecule has 2 fully saturated rings. The Labute approximate surface area is 240 Å². The smallest absolute Gasteiger partial charge is 0.408 e. The predicted molar refractivity (Wildman–Crippen MR) is 151 cm³/mol. The molecule has 2 aliphatic heterocycles. The van der Waals surface area contributed by atoms with Crippen LogP contribution in [0.15, 0.2) is 24.3 Å². The maximum absolute atomic E-state index is 14.0. The van der Waals surface area contributed by atoms with Crippen molar-refractivity contribution in [3.63, 3.8) is 0 Å². The summed E-state index contributed by atoms with van der Waals surface area (Å²) in [6.07, 6.45) is 4.81. The molecule has 1 saturated carbocycles. The molecule has 5 rings (SSSR count). The summed E-state index contributed by atoms with van der Waals surface area (Å²) < 4.78 is 17.1. The average molecular weight is 566 g/mol. The second-order valence-corrected chi connectivity index (χ2v) is 12.4. The summed E-state index contributed by atoms with van der Waals surface area (Å²) >= 11 is 0. The van der Waals surface area contributed by atoms with Crippen molar-refractivity contribution in [2.45, 2.75) is 90.0 Å². The van der Waals surface area contributed by atoms with E-state index in [1.165, 1.54) is 12.0 Å². The highest BCUT2D eigenvalue weighted by Gasteiger charge is 2.47. The zero-order valence-corrected chi connectivity index (χ0v) is 24.2. The Kier molecular flexibility index (Phi) is 8.20. The van der Waals surface area contributed by atoms with Gasteiger partial charge in [0.2, 0.25) is 11.8 Å². The minimum atomic E-state index is -0.937. The van der Waals surface area contributed by atoms with Gasteiger partial charge in [-0.1, -0.05) is 51.8 Å². The Bertz CT molecular complexity index is 1340. The Hall–Kier alpha value is -3.69. The Morgan fingerprint density at radius 3 is 2.63 bits per heavy atom. The van der Waals surface area contributed by atoms with Crippen molar-refractivity contribution in [2.24, 2.45) is 11.3 Å². The summed E-state index contributed by atoms with van der Waals surface area (Å²) in [6, 6.07) is 5.62. The van der Waals surface area contributed by atoms with E-state index in [-0.39, 0.29) is 19.1 Å². The van der Waals surface area contributed by atoms with E-state index in [1.54, 1.807) is 0 Å². The van der Waals surface area contributed by atoms with E-state index < -0.39 is 41.6 Å². The first kappa shape index (κ1) is 28.8. The number of amides is 2. The summed E-state index contributed by atoms with van der Waals surface area (Å²) in [5.41, 5.74) is 1.28. The molecule has 1 N–H and O–H groups in total. The second-order valence-electron chi connectivity index (χ2n) is 12.4. The fourth-order valence-electron chi connectivity index (χ4n) is 6.03. The van der Waals surface area contributed by atoms with Crippen LogP contribution in [0.25, 0.3) is 10.9 Å². The van der Waals surface area contributed by atoms with Gasteiger partial charge in [-0.2, -0.15) is 0 Å². The van der Waals surface area contributed by atoms with Crippen LogP contribution in [0.4, 0.5) is 4.79 Å². The number of methoxy groups -OCH3 is 1. The lowest BCUT2D eigenvalue weighted by Crippen LogP contribution is -2.57. The first-order valence-corrected chi connectivity index (χ1v) is 14.5. The third-order valence-electron chi connectivity index (χ3n) is 8.41. The Balaban J connectivity index is 1.52. The van der Waals surface area contributed by atoms with Crippen molar-refractivity contribution in [3.05, 3.63) is 35.4 Å². The molecule has 1 aromatic carbocycles. The molecule has 1 unspecified atom stereocenters. The minimum Gasteiger partial charge on any atom is -0.472 e. The number of aldehydes is 1. The highest BCUT2D eigenvalue weighted by Crippen LogP contribution is 2.39. The van der Waals surface area contributed by atoms with Gasteiger partial charge >= 0.3 is 12.1 Å². The van der Waals surface area contributed by atoms with E-state index in [0.717, 1.165) is 49.3 Å². The van der Waals surface area contributed by atoms with Crippen LogP contribution < -0.4 is 10.1 Å². The number of nitrogens with one attached hydrogen (secondary N) is 1. The molecule has 220 valence electrons. The minimum absolute atomic E-state index is 0.0942. The number of benzene rings is 1. The standard InChI is InChI=1S/C31H39N3O7/c1-31(2,3)26-28(36)34-16-19(15-24(34)29(37)39-4)40-27-21(22(17-35)20-11-8-9-13-23(20)32-27)12-7-5-6-10-18-14-25(18)41-30(38)33-26/h8-9,11,13,17-19,24-26H,5-7,10,12,14-16H2,1-4H3,(H,33,38)/t18?,19-,24+,25-,26-/m1/s1. The number of carbonyl (C=O) groups excluding carboxylic acids is 4. The number of esters is 1. The number of nitrogens with zero attached hydrogens (tertiary/aromatic N) is 2. The number of alkyl carbamates (subject to hydrolysis) is 1. The lowest BCUT2D eigenvalue weighted by atomic mass is 9.85. The van der Waals surface area contributed by atoms with Gasteiger partial charge in [0.05, 0.1) is 19.2 Å². The first-order valence-electron chi connectivity index (χ1n) is 14.5. The number of rotatable bonds is 2. The fourth-order valence-corrected chi connectivity index (χ4v) is 6.03. The van der Waals surface area contributed by atoms with Crippen LogP contribution in [0.2, 0.25) is 0 Å². The average Bonchev–Trinajstić information content (AvgIpc) is 3.53. The van der Waals surface area contributed by atoms with Gasteiger partial charge in [-0.3, -0.25) is 9.59 Å². The fraction of sp³-hybridized carbons (Fsp3) is 0.581. The number of pyridine rings is 1. The third kappa shape index (κ3) is 6.16. The topological polar surface area (TPSA) is 124 Å². The molecule has 3 aliphatic rings. The van der Waals surface area contributed by atoms with E-state index in [0.29, 0.717) is 29.3 Å². The summed E-state index contributed by atoms with van der Waals surface area (Å²) in [5.74, 6) is -0.319. The lowest BCUT2D eigenvalue weighted by Gasteiger charge is -2.34. The SMILES string of the molecule is COC(=O)[C@@H]1C[C@@H]2CN1C(=O)[C@H](C(C)(C)C)NC(=O)O[C@@H]1CC1CCCCCc1c(nc3ccccc3c1C=O)O2. The number of carbonyl (C=O) groups is 4. The monoisotopic (exact) mass is 565 g/mol. The van der Waals surface area contributed by atoms with Gasteiger partial charge in [-0.05, 0) is 43.1 Å². The van der Waals surface area contributed by atoms with Gasteiger partial charge in [0, 0.05) is 22.9 Å². The molecule has 10 heteroatoms. The van der Waals surface area contributed by atoms with Crippen molar-refractivity contribution in [1.82, 2.24) is 15.2 Å². The number of para-hydroxylation sites is 1. The van der Waals surface area contributed by atoms with Gasteiger partial charge in [-0.15, -0.1) is 0 Å². The van der Waals surface area contributed by atoms with Crippen molar-refractivity contribution < 1.29 is 33.4 Å². The molecule has 5 atom stereocenters. The number of fused-ring (bicyclic) bond motifs is 5. The normalized spacial score (nSPS) is 27.3. The number of hydrogen-bond donors (Lipinski definition) is 1. The van der Waals surface area contributed by atoms with E-state index in [2.05, 4.69) is 5.32 Å². The maximum atomic E-state index is 14.0. The zero-order valence-electron chi connectivity index (χ0n) is 24.2. The van der Waals surface area contributed by atoms with Crippen molar-refractivity contribution in [3.8, 4) is 5.88 Å². The zero-order chi connectivity index (χ0) is 29.3. The van der Waals surface area contributed by atoms with Crippen molar-refractivity contribution in [1.29, 1.82) is 0 Å². The van der Waals surface area contributed by atoms with Crippen LogP contribution >= 0.6 is 0 Å². The summed E-state index contributed by atoms with van der Waals surface area (Å²) in [6.45, 7) is 5.65. The summed E-state index contributed by atoms with van der Waals surface area (Å²) in [5, 5.41) is 3.55. The molecule has 0 spiro atoms. The number of aromatic nitrogens is 1. The van der Waals surface area contributed by atoms with Crippen LogP contribution in [0.3, 0.4) is 0 Å². The van der Waals surface area contributed by atoms with Crippen molar-refractivity contribution in [2.75, 3.05) is 13.7 Å². The molecule has 0 radical (unpaired) electrons. The quantitative estimate of drug-likeness (QED) is 0.424. The number of hydrogen-bond acceptors (Lipinski definition) is 8. The van der Waals surface area contributed by atoms with E-state index in [1.807, 2.05) is 45.0 Å². The van der Waals surface area contributed by atoms with Gasteiger partial charge in [0.25, 0.3) is 0 Å². The summed E-state index contributed by atoms with van der Waals surface area (Å²) in [4.78, 5) is 58.2. The molecule has 2 bridgehead atoms. The van der Waals surface area contributed by atoms with Gasteiger partial charge in [-0.25, -0.2) is 14.6 Å². The van der Waals surface area contributed by atoms with E-state index in [4.69, 9.17) is 19.2 Å². The predicted octanol–water partition coefficient (Wildman–Crippen LogP) is 4.21. The van der Waals surface area contributed by atoms with E-state index >= 15 is 0 Å². The molecule has 3 heterocycles. The van der Waals surface area contributed by atoms with Crippen molar-refractivity contribution >= 4 is 35.2 Å². The van der Waals surface area contributed by atoms with Crippen LogP contribution in [-0.2, 0) is 25.5 Å². The Morgan fingerprint density at radius 1 is 1.12 bits per heavy atom. The highest BCUT2D eigenvalue weighted by molar-refractivity contribution is 5.98. The molecule has 2 aromatic rings.